The lowest BCUT2D eigenvalue weighted by atomic mass is 9.96. The van der Waals surface area contributed by atoms with Crippen molar-refractivity contribution in [2.45, 2.75) is 19.4 Å². The Morgan fingerprint density at radius 1 is 1.17 bits per heavy atom. The van der Waals surface area contributed by atoms with E-state index in [9.17, 15) is 14.0 Å². The van der Waals surface area contributed by atoms with Gasteiger partial charge in [-0.3, -0.25) is 14.5 Å². The lowest BCUT2D eigenvalue weighted by Crippen LogP contribution is -2.43. The highest BCUT2D eigenvalue weighted by molar-refractivity contribution is 6.31. The van der Waals surface area contributed by atoms with E-state index in [0.717, 1.165) is 5.56 Å². The molecule has 0 spiro atoms. The molecule has 0 bridgehead atoms. The third-order valence-corrected chi connectivity index (χ3v) is 5.38. The number of amides is 2. The normalized spacial score (nSPS) is 14.9. The lowest BCUT2D eigenvalue weighted by Gasteiger charge is -2.30. The van der Waals surface area contributed by atoms with E-state index < -0.39 is 0 Å². The highest BCUT2D eigenvalue weighted by atomic mass is 35.5. The van der Waals surface area contributed by atoms with E-state index >= 15 is 0 Å². The Balaban J connectivity index is 1.42. The van der Waals surface area contributed by atoms with Crippen molar-refractivity contribution in [1.82, 2.24) is 10.2 Å². The van der Waals surface area contributed by atoms with Crippen LogP contribution in [0.5, 0.6) is 5.75 Å². The Labute approximate surface area is 180 Å². The average Bonchev–Trinajstić information content (AvgIpc) is 2.74. The van der Waals surface area contributed by atoms with E-state index in [1.165, 1.54) is 19.2 Å². The van der Waals surface area contributed by atoms with E-state index in [4.69, 9.17) is 16.3 Å². The van der Waals surface area contributed by atoms with Gasteiger partial charge in [-0.1, -0.05) is 23.7 Å². The molecular weight excluding hydrogens is 409 g/mol. The zero-order chi connectivity index (χ0) is 21.5. The number of nitrogens with one attached hydrogen (secondary N) is 2. The van der Waals surface area contributed by atoms with Crippen LogP contribution in [0.15, 0.2) is 42.5 Å². The van der Waals surface area contributed by atoms with Gasteiger partial charge in [0.25, 0.3) is 0 Å². The number of methoxy groups -OCH3 is 1. The Hall–Kier alpha value is -2.64. The minimum absolute atomic E-state index is 0.00732. The summed E-state index contributed by atoms with van der Waals surface area (Å²) in [6.07, 6.45) is 1.37. The molecule has 1 fully saturated rings. The maximum absolute atomic E-state index is 12.9. The summed E-state index contributed by atoms with van der Waals surface area (Å²) >= 11 is 5.99. The Morgan fingerprint density at radius 2 is 1.87 bits per heavy atom. The Morgan fingerprint density at radius 3 is 2.53 bits per heavy atom. The van der Waals surface area contributed by atoms with Crippen LogP contribution in [0.2, 0.25) is 5.02 Å². The number of carbonyl (C=O) groups is 2. The third-order valence-electron chi connectivity index (χ3n) is 5.14. The van der Waals surface area contributed by atoms with Gasteiger partial charge in [0.15, 0.2) is 0 Å². The zero-order valence-electron chi connectivity index (χ0n) is 16.8. The molecule has 3 rings (SSSR count). The summed E-state index contributed by atoms with van der Waals surface area (Å²) < 4.78 is 18.2. The van der Waals surface area contributed by atoms with Crippen LogP contribution in [0.4, 0.5) is 10.1 Å². The molecule has 0 unspecified atom stereocenters. The number of hydrogen-bond acceptors (Lipinski definition) is 4. The van der Waals surface area contributed by atoms with Gasteiger partial charge in [0, 0.05) is 17.5 Å². The second-order valence-corrected chi connectivity index (χ2v) is 7.72. The smallest absolute Gasteiger partial charge is 0.238 e. The minimum Gasteiger partial charge on any atom is -0.495 e. The molecule has 0 radical (unpaired) electrons. The zero-order valence-corrected chi connectivity index (χ0v) is 17.5. The number of piperidine rings is 1. The van der Waals surface area contributed by atoms with Crippen LogP contribution >= 0.6 is 11.6 Å². The molecular formula is C22H25ClFN3O3. The van der Waals surface area contributed by atoms with Crippen LogP contribution < -0.4 is 15.4 Å². The molecule has 0 aliphatic carbocycles. The summed E-state index contributed by atoms with van der Waals surface area (Å²) in [6.45, 7) is 1.94. The van der Waals surface area contributed by atoms with Crippen LogP contribution in [-0.4, -0.2) is 43.5 Å². The number of halogens is 2. The van der Waals surface area contributed by atoms with Gasteiger partial charge in [0.05, 0.1) is 19.3 Å². The third kappa shape index (κ3) is 6.18. The van der Waals surface area contributed by atoms with Crippen molar-refractivity contribution in [3.05, 3.63) is 58.9 Å². The van der Waals surface area contributed by atoms with E-state index in [-0.39, 0.29) is 30.1 Å². The number of benzene rings is 2. The highest BCUT2D eigenvalue weighted by Gasteiger charge is 2.26. The summed E-state index contributed by atoms with van der Waals surface area (Å²) in [5.41, 5.74) is 1.39. The van der Waals surface area contributed by atoms with Crippen LogP contribution in [0.1, 0.15) is 18.4 Å². The maximum Gasteiger partial charge on any atom is 0.238 e. The number of rotatable bonds is 7. The second-order valence-electron chi connectivity index (χ2n) is 7.29. The standard InChI is InChI=1S/C22H25ClFN3O3/c1-30-20-7-4-17(23)12-19(20)26-21(28)14-27-10-8-16(9-11-27)22(29)25-13-15-2-5-18(24)6-3-15/h2-7,12,16H,8-11,13-14H2,1H3,(H,25,29)(H,26,28). The fourth-order valence-corrected chi connectivity index (χ4v) is 3.63. The molecule has 6 nitrogen and oxygen atoms in total. The van der Waals surface area contributed by atoms with Gasteiger partial charge < -0.3 is 15.4 Å². The van der Waals surface area contributed by atoms with Gasteiger partial charge in [-0.15, -0.1) is 0 Å². The van der Waals surface area contributed by atoms with Crippen molar-refractivity contribution in [1.29, 1.82) is 0 Å². The van der Waals surface area contributed by atoms with Gasteiger partial charge >= 0.3 is 0 Å². The van der Waals surface area contributed by atoms with Crippen molar-refractivity contribution < 1.29 is 18.7 Å². The number of nitrogens with zero attached hydrogens (tertiary/aromatic N) is 1. The largest absolute Gasteiger partial charge is 0.495 e. The first kappa shape index (κ1) is 22.1. The average molecular weight is 434 g/mol. The predicted octanol–water partition coefficient (Wildman–Crippen LogP) is 3.45. The Bertz CT molecular complexity index is 884. The van der Waals surface area contributed by atoms with Crippen LogP contribution in [-0.2, 0) is 16.1 Å². The second kappa shape index (κ2) is 10.4. The Kier molecular flexibility index (Phi) is 7.65. The van der Waals surface area contributed by atoms with Gasteiger partial charge in [-0.25, -0.2) is 4.39 Å². The van der Waals surface area contributed by atoms with E-state index in [0.29, 0.717) is 48.9 Å². The summed E-state index contributed by atoms with van der Waals surface area (Å²) in [4.78, 5) is 26.8. The van der Waals surface area contributed by atoms with Gasteiger partial charge in [0.1, 0.15) is 11.6 Å². The minimum atomic E-state index is -0.296. The quantitative estimate of drug-likeness (QED) is 0.701. The summed E-state index contributed by atoms with van der Waals surface area (Å²) in [6, 6.07) is 11.1. The van der Waals surface area contributed by atoms with E-state index in [1.54, 1.807) is 30.3 Å². The van der Waals surface area contributed by atoms with Crippen LogP contribution in [0.3, 0.4) is 0 Å². The van der Waals surface area contributed by atoms with Crippen molar-refractivity contribution in [3.63, 3.8) is 0 Å². The van der Waals surface area contributed by atoms with Crippen molar-refractivity contribution in [2.24, 2.45) is 5.92 Å². The summed E-state index contributed by atoms with van der Waals surface area (Å²) in [7, 11) is 1.53. The topological polar surface area (TPSA) is 70.7 Å². The molecule has 2 amide bonds. The van der Waals surface area contributed by atoms with Gasteiger partial charge in [0.2, 0.25) is 11.8 Å². The van der Waals surface area contributed by atoms with Gasteiger partial charge in [-0.05, 0) is 61.8 Å². The highest BCUT2D eigenvalue weighted by Crippen LogP contribution is 2.27. The molecule has 30 heavy (non-hydrogen) atoms. The van der Waals surface area contributed by atoms with Crippen molar-refractivity contribution in [3.8, 4) is 5.75 Å². The first-order valence-corrected chi connectivity index (χ1v) is 10.2. The number of hydrogen-bond donors (Lipinski definition) is 2. The predicted molar refractivity (Wildman–Crippen MR) is 114 cm³/mol. The fraction of sp³-hybridized carbons (Fsp3) is 0.364. The first-order valence-electron chi connectivity index (χ1n) is 9.82. The molecule has 0 aromatic heterocycles. The van der Waals surface area contributed by atoms with Gasteiger partial charge in [-0.2, -0.15) is 0 Å². The summed E-state index contributed by atoms with van der Waals surface area (Å²) in [5.74, 6) is -0.000716. The molecule has 2 N–H and O–H groups in total. The molecule has 0 saturated carbocycles. The van der Waals surface area contributed by atoms with E-state index in [2.05, 4.69) is 10.6 Å². The van der Waals surface area contributed by atoms with Crippen molar-refractivity contribution in [2.75, 3.05) is 32.1 Å². The first-order chi connectivity index (χ1) is 14.4. The fourth-order valence-electron chi connectivity index (χ4n) is 3.46. The molecule has 1 aliphatic rings. The molecule has 1 saturated heterocycles. The molecule has 8 heteroatoms. The number of ether oxygens (including phenoxy) is 1. The van der Waals surface area contributed by atoms with Crippen LogP contribution in [0.25, 0.3) is 0 Å². The lowest BCUT2D eigenvalue weighted by molar-refractivity contribution is -0.126. The monoisotopic (exact) mass is 433 g/mol. The van der Waals surface area contributed by atoms with Crippen LogP contribution in [0, 0.1) is 11.7 Å². The number of anilines is 1. The SMILES string of the molecule is COc1ccc(Cl)cc1NC(=O)CN1CCC(C(=O)NCc2ccc(F)cc2)CC1. The molecule has 160 valence electrons. The molecule has 2 aromatic carbocycles. The number of likely N-dealkylation sites (tertiary alicyclic amines) is 1. The molecule has 1 aliphatic heterocycles. The van der Waals surface area contributed by atoms with Crippen molar-refractivity contribution >= 4 is 29.1 Å². The summed E-state index contributed by atoms with van der Waals surface area (Å²) in [5, 5.41) is 6.25. The van der Waals surface area contributed by atoms with E-state index in [1.807, 2.05) is 4.90 Å². The molecule has 1 heterocycles. The number of carbonyl (C=O) groups excluding carboxylic acids is 2. The maximum atomic E-state index is 12.9. The molecule has 2 aromatic rings. The molecule has 0 atom stereocenters.